The number of ether oxygens (including phenoxy) is 1. The van der Waals surface area contributed by atoms with E-state index in [1.807, 2.05) is 18.2 Å². The summed E-state index contributed by atoms with van der Waals surface area (Å²) in [4.78, 5) is 37.6. The van der Waals surface area contributed by atoms with Gasteiger partial charge in [-0.1, -0.05) is 6.07 Å². The van der Waals surface area contributed by atoms with Gasteiger partial charge in [-0.25, -0.2) is 0 Å². The van der Waals surface area contributed by atoms with Crippen molar-refractivity contribution in [1.82, 2.24) is 5.32 Å². The Kier molecular flexibility index (Phi) is 6.80. The number of nitrogens with zero attached hydrogens (tertiary/aromatic N) is 1. The molecule has 0 unspecified atom stereocenters. The summed E-state index contributed by atoms with van der Waals surface area (Å²) in [5.41, 5.74) is 1.61. The first kappa shape index (κ1) is 18.8. The minimum Gasteiger partial charge on any atom is -0.466 e. The molecule has 0 aromatic heterocycles. The SMILES string of the molecule is CCOC(=O)C[C@@H](C)NC(=O)C(=O)Nc1cccc(N2CCCC2)c1. The average molecular weight is 347 g/mol. The molecule has 1 fully saturated rings. The van der Waals surface area contributed by atoms with Gasteiger partial charge in [0.05, 0.1) is 13.0 Å². The van der Waals surface area contributed by atoms with Crippen molar-refractivity contribution in [2.45, 2.75) is 39.2 Å². The Morgan fingerprint density at radius 3 is 2.60 bits per heavy atom. The molecule has 0 aliphatic carbocycles. The van der Waals surface area contributed by atoms with Crippen LogP contribution < -0.4 is 15.5 Å². The Morgan fingerprint density at radius 2 is 1.92 bits per heavy atom. The Hall–Kier alpha value is -2.57. The van der Waals surface area contributed by atoms with Gasteiger partial charge in [-0.05, 0) is 44.9 Å². The van der Waals surface area contributed by atoms with Crippen LogP contribution in [0.15, 0.2) is 24.3 Å². The quantitative estimate of drug-likeness (QED) is 0.604. The molecule has 0 bridgehead atoms. The van der Waals surface area contributed by atoms with Crippen LogP contribution in [0, 0.1) is 0 Å². The maximum atomic E-state index is 12.0. The second-order valence-corrected chi connectivity index (χ2v) is 6.08. The molecular weight excluding hydrogens is 322 g/mol. The lowest BCUT2D eigenvalue weighted by Gasteiger charge is -2.18. The van der Waals surface area contributed by atoms with E-state index in [2.05, 4.69) is 15.5 Å². The van der Waals surface area contributed by atoms with Crippen LogP contribution in [0.4, 0.5) is 11.4 Å². The number of nitrogens with one attached hydrogen (secondary N) is 2. The third-order valence-corrected chi connectivity index (χ3v) is 3.94. The molecule has 1 aliphatic rings. The number of rotatable bonds is 6. The maximum Gasteiger partial charge on any atom is 0.313 e. The Bertz CT molecular complexity index is 627. The van der Waals surface area contributed by atoms with Crippen LogP contribution in [0.3, 0.4) is 0 Å². The Labute approximate surface area is 147 Å². The first-order valence-electron chi connectivity index (χ1n) is 8.62. The lowest BCUT2D eigenvalue weighted by Crippen LogP contribution is -2.41. The van der Waals surface area contributed by atoms with E-state index in [1.54, 1.807) is 19.9 Å². The molecular formula is C18H25N3O4. The largest absolute Gasteiger partial charge is 0.466 e. The third-order valence-electron chi connectivity index (χ3n) is 3.94. The van der Waals surface area contributed by atoms with Gasteiger partial charge in [0.1, 0.15) is 0 Å². The van der Waals surface area contributed by atoms with Crippen LogP contribution in [-0.2, 0) is 19.1 Å². The molecule has 1 aliphatic heterocycles. The van der Waals surface area contributed by atoms with Crippen molar-refractivity contribution >= 4 is 29.2 Å². The molecule has 1 heterocycles. The number of esters is 1. The Balaban J connectivity index is 1.87. The van der Waals surface area contributed by atoms with E-state index in [0.717, 1.165) is 31.6 Å². The highest BCUT2D eigenvalue weighted by Gasteiger charge is 2.19. The molecule has 2 amide bonds. The maximum absolute atomic E-state index is 12.0. The van der Waals surface area contributed by atoms with Gasteiger partial charge < -0.3 is 20.3 Å². The van der Waals surface area contributed by atoms with Crippen LogP contribution >= 0.6 is 0 Å². The van der Waals surface area contributed by atoms with Crippen molar-refractivity contribution in [3.05, 3.63) is 24.3 Å². The van der Waals surface area contributed by atoms with E-state index in [0.29, 0.717) is 5.69 Å². The molecule has 0 saturated carbocycles. The smallest absolute Gasteiger partial charge is 0.313 e. The fraction of sp³-hybridized carbons (Fsp3) is 0.500. The molecule has 2 rings (SSSR count). The summed E-state index contributed by atoms with van der Waals surface area (Å²) in [6.07, 6.45) is 2.35. The highest BCUT2D eigenvalue weighted by Crippen LogP contribution is 2.23. The number of benzene rings is 1. The van der Waals surface area contributed by atoms with Gasteiger partial charge >= 0.3 is 17.8 Å². The number of carbonyl (C=O) groups is 3. The highest BCUT2D eigenvalue weighted by atomic mass is 16.5. The second kappa shape index (κ2) is 9.05. The van der Waals surface area contributed by atoms with E-state index >= 15 is 0 Å². The van der Waals surface area contributed by atoms with Crippen molar-refractivity contribution in [3.8, 4) is 0 Å². The fourth-order valence-corrected chi connectivity index (χ4v) is 2.75. The number of anilines is 2. The zero-order chi connectivity index (χ0) is 18.2. The topological polar surface area (TPSA) is 87.7 Å². The van der Waals surface area contributed by atoms with Crippen LogP contribution in [0.25, 0.3) is 0 Å². The molecule has 136 valence electrons. The van der Waals surface area contributed by atoms with E-state index in [9.17, 15) is 14.4 Å². The van der Waals surface area contributed by atoms with Crippen LogP contribution in [-0.4, -0.2) is 43.5 Å². The normalized spacial score (nSPS) is 14.7. The summed E-state index contributed by atoms with van der Waals surface area (Å²) in [5.74, 6) is -1.94. The lowest BCUT2D eigenvalue weighted by molar-refractivity contribution is -0.144. The van der Waals surface area contributed by atoms with Crippen molar-refractivity contribution in [3.63, 3.8) is 0 Å². The first-order chi connectivity index (χ1) is 12.0. The van der Waals surface area contributed by atoms with Gasteiger partial charge in [-0.2, -0.15) is 0 Å². The summed E-state index contributed by atoms with van der Waals surface area (Å²) in [5, 5.41) is 5.09. The van der Waals surface area contributed by atoms with Gasteiger partial charge in [0, 0.05) is 30.5 Å². The van der Waals surface area contributed by atoms with Crippen LogP contribution in [0.5, 0.6) is 0 Å². The fourth-order valence-electron chi connectivity index (χ4n) is 2.75. The molecule has 1 aromatic carbocycles. The van der Waals surface area contributed by atoms with Crippen molar-refractivity contribution < 1.29 is 19.1 Å². The zero-order valence-corrected chi connectivity index (χ0v) is 14.7. The molecule has 7 heteroatoms. The van der Waals surface area contributed by atoms with E-state index in [-0.39, 0.29) is 13.0 Å². The molecule has 1 aromatic rings. The summed E-state index contributed by atoms with van der Waals surface area (Å²) in [6.45, 7) is 5.65. The van der Waals surface area contributed by atoms with Crippen molar-refractivity contribution in [1.29, 1.82) is 0 Å². The zero-order valence-electron chi connectivity index (χ0n) is 14.7. The van der Waals surface area contributed by atoms with Crippen molar-refractivity contribution in [2.24, 2.45) is 0 Å². The van der Waals surface area contributed by atoms with Gasteiger partial charge in [-0.3, -0.25) is 14.4 Å². The summed E-state index contributed by atoms with van der Waals surface area (Å²) in [6, 6.07) is 6.96. The lowest BCUT2D eigenvalue weighted by atomic mass is 10.2. The molecule has 2 N–H and O–H groups in total. The van der Waals surface area contributed by atoms with E-state index in [4.69, 9.17) is 4.74 Å². The van der Waals surface area contributed by atoms with E-state index < -0.39 is 23.8 Å². The predicted octanol–water partition coefficient (Wildman–Crippen LogP) is 1.68. The highest BCUT2D eigenvalue weighted by molar-refractivity contribution is 6.39. The van der Waals surface area contributed by atoms with Crippen LogP contribution in [0.1, 0.15) is 33.1 Å². The minimum atomic E-state index is -0.775. The molecule has 1 saturated heterocycles. The molecule has 25 heavy (non-hydrogen) atoms. The van der Waals surface area contributed by atoms with Crippen molar-refractivity contribution in [2.75, 3.05) is 29.9 Å². The molecule has 7 nitrogen and oxygen atoms in total. The second-order valence-electron chi connectivity index (χ2n) is 6.08. The summed E-state index contributed by atoms with van der Waals surface area (Å²) in [7, 11) is 0. The number of amides is 2. The standard InChI is InChI=1S/C18H25N3O4/c1-3-25-16(22)11-13(2)19-17(23)18(24)20-14-7-6-8-15(12-14)21-9-4-5-10-21/h6-8,12-13H,3-5,9-11H2,1-2H3,(H,19,23)(H,20,24)/t13-/m1/s1. The van der Waals surface area contributed by atoms with Gasteiger partial charge in [0.2, 0.25) is 0 Å². The monoisotopic (exact) mass is 347 g/mol. The first-order valence-corrected chi connectivity index (χ1v) is 8.62. The molecule has 0 spiro atoms. The summed E-state index contributed by atoms with van der Waals surface area (Å²) >= 11 is 0. The van der Waals surface area contributed by atoms with Gasteiger partial charge in [-0.15, -0.1) is 0 Å². The number of carbonyl (C=O) groups excluding carboxylic acids is 3. The molecule has 1 atom stereocenters. The van der Waals surface area contributed by atoms with Crippen LogP contribution in [0.2, 0.25) is 0 Å². The average Bonchev–Trinajstić information content (AvgIpc) is 3.09. The Morgan fingerprint density at radius 1 is 1.20 bits per heavy atom. The summed E-state index contributed by atoms with van der Waals surface area (Å²) < 4.78 is 4.82. The van der Waals surface area contributed by atoms with E-state index in [1.165, 1.54) is 0 Å². The number of hydrogen-bond acceptors (Lipinski definition) is 5. The third kappa shape index (κ3) is 5.77. The van der Waals surface area contributed by atoms with Gasteiger partial charge in [0.15, 0.2) is 0 Å². The predicted molar refractivity (Wildman–Crippen MR) is 95.4 cm³/mol. The van der Waals surface area contributed by atoms with Gasteiger partial charge in [0.25, 0.3) is 0 Å². The minimum absolute atomic E-state index is 0.0251. The molecule has 0 radical (unpaired) electrons. The number of hydrogen-bond donors (Lipinski definition) is 2.